The Hall–Kier alpha value is -1.67. The van der Waals surface area contributed by atoms with Crippen molar-refractivity contribution in [1.29, 1.82) is 0 Å². The molecule has 0 spiro atoms. The van der Waals surface area contributed by atoms with Gasteiger partial charge in [-0.3, -0.25) is 9.59 Å². The number of aliphatic carboxylic acids is 1. The van der Waals surface area contributed by atoms with Gasteiger partial charge in [0.05, 0.1) is 92.3 Å². The maximum Gasteiger partial charge on any atom is 0.372 e. The predicted molar refractivity (Wildman–Crippen MR) is 128 cm³/mol. The molecule has 0 saturated carbocycles. The molecule has 0 bridgehead atoms. The largest absolute Gasteiger partial charge is 0.476 e. The van der Waals surface area contributed by atoms with E-state index in [0.29, 0.717) is 85.2 Å². The maximum absolute atomic E-state index is 11.3. The van der Waals surface area contributed by atoms with Gasteiger partial charge in [0.1, 0.15) is 6.61 Å². The summed E-state index contributed by atoms with van der Waals surface area (Å²) in [5, 5.41) is 8.41. The third kappa shape index (κ3) is 25.4. The molecule has 1 N–H and O–H groups in total. The molecule has 1 unspecified atom stereocenters. The van der Waals surface area contributed by atoms with Gasteiger partial charge in [-0.05, 0) is 5.92 Å². The number of ketones is 1. The number of rotatable bonds is 28. The molecule has 0 aliphatic rings. The summed E-state index contributed by atoms with van der Waals surface area (Å²) in [6, 6.07) is 0. The van der Waals surface area contributed by atoms with Gasteiger partial charge in [0.15, 0.2) is 0 Å². The van der Waals surface area contributed by atoms with Crippen LogP contribution in [0.3, 0.4) is 0 Å². The summed E-state index contributed by atoms with van der Waals surface area (Å²) in [4.78, 5) is 32.5. The molecule has 212 valence electrons. The van der Waals surface area contributed by atoms with Gasteiger partial charge in [-0.25, -0.2) is 4.79 Å². The molecule has 0 aromatic carbocycles. The average Bonchev–Trinajstić information content (AvgIpc) is 2.87. The maximum atomic E-state index is 11.3. The van der Waals surface area contributed by atoms with Crippen LogP contribution in [0.1, 0.15) is 33.1 Å². The van der Waals surface area contributed by atoms with Crippen molar-refractivity contribution in [3.63, 3.8) is 0 Å². The van der Waals surface area contributed by atoms with E-state index >= 15 is 0 Å². The van der Waals surface area contributed by atoms with Crippen LogP contribution in [-0.2, 0) is 52.3 Å². The SMILES string of the molecule is CCC(C)COCCOCCOCCOCCOCCOCCOCCOC(=O)CCC(=O)C(=O)O. The molecular weight excluding hydrogens is 480 g/mol. The average molecular weight is 525 g/mol. The monoisotopic (exact) mass is 524 g/mol. The van der Waals surface area contributed by atoms with E-state index in [-0.39, 0.29) is 26.1 Å². The summed E-state index contributed by atoms with van der Waals surface area (Å²) < 4.78 is 42.6. The molecule has 0 saturated heterocycles. The smallest absolute Gasteiger partial charge is 0.372 e. The van der Waals surface area contributed by atoms with Crippen molar-refractivity contribution in [2.75, 3.05) is 99.1 Å². The third-order valence-corrected chi connectivity index (χ3v) is 4.62. The van der Waals surface area contributed by atoms with Crippen molar-refractivity contribution in [3.05, 3.63) is 0 Å². The van der Waals surface area contributed by atoms with Crippen LogP contribution >= 0.6 is 0 Å². The van der Waals surface area contributed by atoms with E-state index in [2.05, 4.69) is 13.8 Å². The normalized spacial score (nSPS) is 11.9. The van der Waals surface area contributed by atoms with Crippen molar-refractivity contribution < 1.29 is 57.4 Å². The number of carbonyl (C=O) groups excluding carboxylic acids is 2. The minimum absolute atomic E-state index is 0.0239. The summed E-state index contributed by atoms with van der Waals surface area (Å²) in [5.74, 6) is -2.64. The van der Waals surface area contributed by atoms with E-state index in [1.807, 2.05) is 0 Å². The van der Waals surface area contributed by atoms with Gasteiger partial charge in [-0.15, -0.1) is 0 Å². The Balaban J connectivity index is 3.16. The molecule has 0 aliphatic heterocycles. The van der Waals surface area contributed by atoms with Crippen LogP contribution in [0.4, 0.5) is 0 Å². The fraction of sp³-hybridized carbons (Fsp3) is 0.875. The lowest BCUT2D eigenvalue weighted by atomic mass is 10.1. The van der Waals surface area contributed by atoms with E-state index in [1.165, 1.54) is 0 Å². The van der Waals surface area contributed by atoms with Crippen molar-refractivity contribution in [1.82, 2.24) is 0 Å². The first-order chi connectivity index (χ1) is 17.5. The molecule has 0 radical (unpaired) electrons. The number of ether oxygens (including phenoxy) is 8. The Kier molecular flexibility index (Phi) is 25.2. The highest BCUT2D eigenvalue weighted by molar-refractivity contribution is 6.32. The fourth-order valence-electron chi connectivity index (χ4n) is 2.33. The van der Waals surface area contributed by atoms with Crippen LogP contribution in [0.15, 0.2) is 0 Å². The number of carboxylic acids is 1. The minimum atomic E-state index is -1.56. The molecule has 0 aromatic rings. The van der Waals surface area contributed by atoms with Gasteiger partial charge in [-0.1, -0.05) is 20.3 Å². The third-order valence-electron chi connectivity index (χ3n) is 4.62. The molecule has 0 aromatic heterocycles. The lowest BCUT2D eigenvalue weighted by Crippen LogP contribution is -2.17. The van der Waals surface area contributed by atoms with Crippen molar-refractivity contribution >= 4 is 17.7 Å². The van der Waals surface area contributed by atoms with Gasteiger partial charge in [0, 0.05) is 13.0 Å². The Morgan fingerprint density at radius 1 is 0.583 bits per heavy atom. The van der Waals surface area contributed by atoms with Crippen LogP contribution in [0, 0.1) is 5.92 Å². The number of hydrogen-bond acceptors (Lipinski definition) is 11. The van der Waals surface area contributed by atoms with E-state index in [0.717, 1.165) is 13.0 Å². The standard InChI is InChI=1S/C24H44O12/c1-3-21(2)20-35-17-16-33-13-12-31-9-8-29-6-7-30-10-11-32-14-15-34-18-19-36-23(26)5-4-22(25)24(27)28/h21H,3-20H2,1-2H3,(H,27,28). The van der Waals surface area contributed by atoms with E-state index in [9.17, 15) is 14.4 Å². The molecule has 12 heteroatoms. The molecular formula is C24H44O12. The predicted octanol–water partition coefficient (Wildman–Crippen LogP) is 1.13. The molecule has 36 heavy (non-hydrogen) atoms. The second-order valence-electron chi connectivity index (χ2n) is 7.71. The van der Waals surface area contributed by atoms with Crippen LogP contribution in [0.25, 0.3) is 0 Å². The number of hydrogen-bond donors (Lipinski definition) is 1. The Morgan fingerprint density at radius 2 is 0.944 bits per heavy atom. The van der Waals surface area contributed by atoms with Crippen LogP contribution in [-0.4, -0.2) is 122 Å². The Bertz CT molecular complexity index is 543. The summed E-state index contributed by atoms with van der Waals surface area (Å²) in [5.41, 5.74) is 0. The van der Waals surface area contributed by atoms with E-state index in [1.54, 1.807) is 0 Å². The first-order valence-corrected chi connectivity index (χ1v) is 12.4. The van der Waals surface area contributed by atoms with Gasteiger partial charge >= 0.3 is 11.9 Å². The second-order valence-corrected chi connectivity index (χ2v) is 7.71. The molecule has 0 aliphatic carbocycles. The zero-order chi connectivity index (χ0) is 26.7. The lowest BCUT2D eigenvalue weighted by Gasteiger charge is -2.10. The molecule has 0 rings (SSSR count). The zero-order valence-corrected chi connectivity index (χ0v) is 21.7. The minimum Gasteiger partial charge on any atom is -0.476 e. The van der Waals surface area contributed by atoms with Crippen LogP contribution in [0.2, 0.25) is 0 Å². The van der Waals surface area contributed by atoms with Crippen molar-refractivity contribution in [2.45, 2.75) is 33.1 Å². The quantitative estimate of drug-likeness (QED) is 0.0889. The van der Waals surface area contributed by atoms with E-state index < -0.39 is 17.7 Å². The number of Topliss-reactive ketones (excluding diaryl/α,β-unsaturated/α-hetero) is 1. The summed E-state index contributed by atoms with van der Waals surface area (Å²) in [6.45, 7) is 11.0. The molecule has 0 amide bonds. The van der Waals surface area contributed by atoms with Crippen molar-refractivity contribution in [3.8, 4) is 0 Å². The summed E-state index contributed by atoms with van der Waals surface area (Å²) in [7, 11) is 0. The van der Waals surface area contributed by atoms with E-state index in [4.69, 9.17) is 43.0 Å². The summed E-state index contributed by atoms with van der Waals surface area (Å²) >= 11 is 0. The lowest BCUT2D eigenvalue weighted by molar-refractivity contribution is -0.151. The zero-order valence-electron chi connectivity index (χ0n) is 21.7. The highest BCUT2D eigenvalue weighted by Crippen LogP contribution is 2.00. The van der Waals surface area contributed by atoms with Gasteiger partial charge < -0.3 is 43.0 Å². The van der Waals surface area contributed by atoms with Gasteiger partial charge in [0.25, 0.3) is 0 Å². The molecule has 0 heterocycles. The number of carbonyl (C=O) groups is 3. The number of esters is 1. The second kappa shape index (κ2) is 26.4. The topological polar surface area (TPSA) is 145 Å². The number of carboxylic acid groups (broad SMARTS) is 1. The molecule has 0 fully saturated rings. The van der Waals surface area contributed by atoms with Gasteiger partial charge in [0.2, 0.25) is 5.78 Å². The summed E-state index contributed by atoms with van der Waals surface area (Å²) in [6.07, 6.45) is 0.474. The molecule has 1 atom stereocenters. The first kappa shape index (κ1) is 34.3. The Labute approximate surface area is 213 Å². The molecule has 12 nitrogen and oxygen atoms in total. The highest BCUT2D eigenvalue weighted by Gasteiger charge is 2.14. The Morgan fingerprint density at radius 3 is 1.31 bits per heavy atom. The van der Waals surface area contributed by atoms with Gasteiger partial charge in [-0.2, -0.15) is 0 Å². The first-order valence-electron chi connectivity index (χ1n) is 12.4. The van der Waals surface area contributed by atoms with Crippen LogP contribution < -0.4 is 0 Å². The van der Waals surface area contributed by atoms with Crippen LogP contribution in [0.5, 0.6) is 0 Å². The highest BCUT2D eigenvalue weighted by atomic mass is 16.6. The van der Waals surface area contributed by atoms with Crippen molar-refractivity contribution in [2.24, 2.45) is 5.92 Å². The fourth-order valence-corrected chi connectivity index (χ4v) is 2.33.